The summed E-state index contributed by atoms with van der Waals surface area (Å²) in [5.74, 6) is -1.70. The van der Waals surface area contributed by atoms with E-state index >= 15 is 0 Å². The third-order valence-electron chi connectivity index (χ3n) is 5.98. The molecular weight excluding hydrogens is 497 g/mol. The number of rotatable bonds is 12. The molecule has 3 rings (SSSR count). The number of halogens is 1. The van der Waals surface area contributed by atoms with E-state index in [9.17, 15) is 19.1 Å². The van der Waals surface area contributed by atoms with Gasteiger partial charge in [-0.05, 0) is 78.9 Å². The van der Waals surface area contributed by atoms with Gasteiger partial charge in [0.15, 0.2) is 0 Å². The Labute approximate surface area is 228 Å². The van der Waals surface area contributed by atoms with Gasteiger partial charge < -0.3 is 20.1 Å². The van der Waals surface area contributed by atoms with Crippen molar-refractivity contribution < 1.29 is 23.8 Å². The van der Waals surface area contributed by atoms with Crippen LogP contribution in [0.2, 0.25) is 0 Å². The molecule has 0 spiro atoms. The van der Waals surface area contributed by atoms with Crippen molar-refractivity contribution in [2.75, 3.05) is 29.9 Å². The van der Waals surface area contributed by atoms with Crippen LogP contribution in [0.3, 0.4) is 0 Å². The fourth-order valence-corrected chi connectivity index (χ4v) is 4.25. The number of nitriles is 1. The molecule has 0 saturated heterocycles. The van der Waals surface area contributed by atoms with Crippen LogP contribution in [0.1, 0.15) is 49.2 Å². The average Bonchev–Trinajstić information content (AvgIpc) is 2.88. The smallest absolute Gasteiger partial charge is 0.336 e. The molecule has 0 atom stereocenters. The van der Waals surface area contributed by atoms with Crippen LogP contribution in [0.5, 0.6) is 0 Å². The van der Waals surface area contributed by atoms with Crippen LogP contribution in [-0.2, 0) is 16.0 Å². The van der Waals surface area contributed by atoms with Gasteiger partial charge in [0, 0.05) is 13.1 Å². The number of carboxylic acid groups (broad SMARTS) is 1. The van der Waals surface area contributed by atoms with E-state index in [0.29, 0.717) is 42.4 Å². The third kappa shape index (κ3) is 8.39. The number of nitrogens with one attached hydrogen (secondary N) is 1. The van der Waals surface area contributed by atoms with Gasteiger partial charge in [-0.3, -0.25) is 4.79 Å². The van der Waals surface area contributed by atoms with Gasteiger partial charge in [-0.15, -0.1) is 0 Å². The van der Waals surface area contributed by atoms with E-state index in [2.05, 4.69) is 30.1 Å². The number of aromatic carboxylic acids is 1. The lowest BCUT2D eigenvalue weighted by Gasteiger charge is -2.29. The van der Waals surface area contributed by atoms with Crippen molar-refractivity contribution in [2.24, 2.45) is 5.92 Å². The number of benzene rings is 3. The maximum Gasteiger partial charge on any atom is 0.336 e. The minimum Gasteiger partial charge on any atom is -0.478 e. The minimum atomic E-state index is -1.17. The van der Waals surface area contributed by atoms with Crippen LogP contribution in [0, 0.1) is 23.1 Å². The Bertz CT molecular complexity index is 1350. The highest BCUT2D eigenvalue weighted by molar-refractivity contribution is 5.99. The second-order valence-electron chi connectivity index (χ2n) is 10.0. The molecule has 3 aromatic rings. The molecule has 0 radical (unpaired) electrons. The van der Waals surface area contributed by atoms with Crippen molar-refractivity contribution in [1.29, 1.82) is 5.26 Å². The van der Waals surface area contributed by atoms with Gasteiger partial charge in [-0.1, -0.05) is 32.0 Å². The monoisotopic (exact) mass is 531 g/mol. The van der Waals surface area contributed by atoms with Crippen molar-refractivity contribution >= 4 is 23.3 Å². The zero-order chi connectivity index (χ0) is 28.5. The van der Waals surface area contributed by atoms with Gasteiger partial charge in [0.1, 0.15) is 5.82 Å². The Kier molecular flexibility index (Phi) is 10.2. The topological polar surface area (TPSA) is 103 Å². The van der Waals surface area contributed by atoms with Gasteiger partial charge in [0.2, 0.25) is 5.91 Å². The number of amides is 1. The number of carbonyl (C=O) groups is 2. The second-order valence-corrected chi connectivity index (χ2v) is 10.0. The van der Waals surface area contributed by atoms with Crippen molar-refractivity contribution in [3.8, 4) is 17.2 Å². The summed E-state index contributed by atoms with van der Waals surface area (Å²) in [6, 6.07) is 17.6. The lowest BCUT2D eigenvalue weighted by atomic mass is 9.98. The summed E-state index contributed by atoms with van der Waals surface area (Å²) in [4.78, 5) is 27.1. The van der Waals surface area contributed by atoms with E-state index in [4.69, 9.17) is 10.00 Å². The van der Waals surface area contributed by atoms with Crippen LogP contribution in [0.25, 0.3) is 11.1 Å². The van der Waals surface area contributed by atoms with Gasteiger partial charge in [-0.2, -0.15) is 5.26 Å². The lowest BCUT2D eigenvalue weighted by molar-refractivity contribution is -0.115. The van der Waals surface area contributed by atoms with E-state index in [-0.39, 0.29) is 29.6 Å². The SMILES string of the molecule is CC(C)CN(CCOC(C)C)c1ccc(-c2cc(F)ccc2C(=O)O)cc1NC(=O)Cc1ccc(C#N)cc1. The molecule has 0 aliphatic carbocycles. The van der Waals surface area contributed by atoms with Crippen molar-refractivity contribution in [1.82, 2.24) is 0 Å². The minimum absolute atomic E-state index is 0.0385. The summed E-state index contributed by atoms with van der Waals surface area (Å²) >= 11 is 0. The fourth-order valence-electron chi connectivity index (χ4n) is 4.25. The van der Waals surface area contributed by atoms with Crippen LogP contribution in [0.4, 0.5) is 15.8 Å². The first-order valence-corrected chi connectivity index (χ1v) is 12.9. The molecule has 2 N–H and O–H groups in total. The molecule has 204 valence electrons. The number of nitrogens with zero attached hydrogens (tertiary/aromatic N) is 2. The molecule has 0 bridgehead atoms. The fraction of sp³-hybridized carbons (Fsp3) is 0.323. The van der Waals surface area contributed by atoms with Crippen molar-refractivity contribution in [2.45, 2.75) is 40.2 Å². The molecule has 0 fully saturated rings. The number of anilines is 2. The van der Waals surface area contributed by atoms with E-state index in [1.165, 1.54) is 12.1 Å². The summed E-state index contributed by atoms with van der Waals surface area (Å²) in [5, 5.41) is 21.7. The Morgan fingerprint density at radius 2 is 1.77 bits per heavy atom. The molecule has 0 aromatic heterocycles. The van der Waals surface area contributed by atoms with Gasteiger partial charge in [-0.25, -0.2) is 9.18 Å². The molecule has 1 amide bonds. The standard InChI is InChI=1S/C31H34FN3O4/c1-20(2)19-35(13-14-39-21(3)4)29-12-9-24(27-17-25(32)10-11-26(27)31(37)38)16-28(29)34-30(36)15-22-5-7-23(18-33)8-6-22/h5-12,16-17,20-21H,13-15,19H2,1-4H3,(H,34,36)(H,37,38). The second kappa shape index (κ2) is 13.5. The lowest BCUT2D eigenvalue weighted by Crippen LogP contribution is -2.32. The maximum atomic E-state index is 14.2. The molecule has 0 aliphatic rings. The molecule has 0 unspecified atom stereocenters. The molecule has 3 aromatic carbocycles. The zero-order valence-corrected chi connectivity index (χ0v) is 22.7. The Morgan fingerprint density at radius 1 is 1.05 bits per heavy atom. The summed E-state index contributed by atoms with van der Waals surface area (Å²) in [6.07, 6.45) is 0.151. The van der Waals surface area contributed by atoms with E-state index in [1.807, 2.05) is 19.9 Å². The average molecular weight is 532 g/mol. The van der Waals surface area contributed by atoms with Crippen molar-refractivity contribution in [3.05, 3.63) is 83.2 Å². The number of carbonyl (C=O) groups excluding carboxylic acids is 1. The Hall–Kier alpha value is -4.22. The summed E-state index contributed by atoms with van der Waals surface area (Å²) < 4.78 is 19.9. The van der Waals surface area contributed by atoms with Crippen LogP contribution in [-0.4, -0.2) is 42.8 Å². The number of ether oxygens (including phenoxy) is 1. The molecule has 0 saturated carbocycles. The highest BCUT2D eigenvalue weighted by Crippen LogP contribution is 2.34. The molecule has 0 aliphatic heterocycles. The first-order valence-electron chi connectivity index (χ1n) is 12.9. The maximum absolute atomic E-state index is 14.2. The summed E-state index contributed by atoms with van der Waals surface area (Å²) in [6.45, 7) is 9.89. The molecule has 0 heterocycles. The summed E-state index contributed by atoms with van der Waals surface area (Å²) in [5.41, 5.74) is 3.13. The van der Waals surface area contributed by atoms with Gasteiger partial charge in [0.25, 0.3) is 0 Å². The third-order valence-corrected chi connectivity index (χ3v) is 5.98. The van der Waals surface area contributed by atoms with Crippen LogP contribution >= 0.6 is 0 Å². The van der Waals surface area contributed by atoms with E-state index in [1.54, 1.807) is 36.4 Å². The van der Waals surface area contributed by atoms with Crippen LogP contribution < -0.4 is 10.2 Å². The largest absolute Gasteiger partial charge is 0.478 e. The summed E-state index contributed by atoms with van der Waals surface area (Å²) in [7, 11) is 0. The quantitative estimate of drug-likeness (QED) is 0.291. The first kappa shape index (κ1) is 29.3. The molecule has 8 heteroatoms. The van der Waals surface area contributed by atoms with Gasteiger partial charge >= 0.3 is 5.97 Å². The molecule has 39 heavy (non-hydrogen) atoms. The molecular formula is C31H34FN3O4. The highest BCUT2D eigenvalue weighted by atomic mass is 19.1. The number of hydrogen-bond donors (Lipinski definition) is 2. The predicted octanol–water partition coefficient (Wildman–Crippen LogP) is 6.13. The Balaban J connectivity index is 2.03. The van der Waals surface area contributed by atoms with Crippen molar-refractivity contribution in [3.63, 3.8) is 0 Å². The van der Waals surface area contributed by atoms with Crippen LogP contribution in [0.15, 0.2) is 60.7 Å². The van der Waals surface area contributed by atoms with Gasteiger partial charge in [0.05, 0.1) is 47.7 Å². The number of hydrogen-bond acceptors (Lipinski definition) is 5. The Morgan fingerprint density at radius 3 is 2.38 bits per heavy atom. The number of carboxylic acids is 1. The molecule has 7 nitrogen and oxygen atoms in total. The first-order chi connectivity index (χ1) is 18.6. The zero-order valence-electron chi connectivity index (χ0n) is 22.7. The van der Waals surface area contributed by atoms with E-state index in [0.717, 1.165) is 17.3 Å². The van der Waals surface area contributed by atoms with E-state index < -0.39 is 11.8 Å². The normalized spacial score (nSPS) is 10.9. The predicted molar refractivity (Wildman–Crippen MR) is 150 cm³/mol. The highest BCUT2D eigenvalue weighted by Gasteiger charge is 2.19.